The lowest BCUT2D eigenvalue weighted by atomic mass is 10.2. The van der Waals surface area contributed by atoms with Gasteiger partial charge in [0.15, 0.2) is 0 Å². The van der Waals surface area contributed by atoms with Crippen molar-refractivity contribution in [2.24, 2.45) is 0 Å². The molecule has 0 saturated heterocycles. The van der Waals surface area contributed by atoms with Gasteiger partial charge < -0.3 is 0 Å². The van der Waals surface area contributed by atoms with E-state index in [4.69, 9.17) is 0 Å². The fraction of sp³-hybridized carbons (Fsp3) is 0.235. The van der Waals surface area contributed by atoms with Gasteiger partial charge in [0.2, 0.25) is 0 Å². The third-order valence-electron chi connectivity index (χ3n) is 3.28. The first-order chi connectivity index (χ1) is 10.4. The Morgan fingerprint density at radius 1 is 1.23 bits per heavy atom. The molecule has 0 amide bonds. The van der Waals surface area contributed by atoms with Crippen LogP contribution in [0.5, 0.6) is 0 Å². The molecule has 4 nitrogen and oxygen atoms in total. The minimum Gasteiger partial charge on any atom is -0.264 e. The van der Waals surface area contributed by atoms with E-state index in [-0.39, 0.29) is 4.90 Å². The Hall–Kier alpha value is -2.14. The summed E-state index contributed by atoms with van der Waals surface area (Å²) in [7, 11) is -3.61. The Labute approximate surface area is 132 Å². The second-order valence-electron chi connectivity index (χ2n) is 5.31. The molecule has 116 valence electrons. The van der Waals surface area contributed by atoms with Crippen molar-refractivity contribution in [3.63, 3.8) is 0 Å². The maximum Gasteiger partial charge on any atom is 0.264 e. The van der Waals surface area contributed by atoms with E-state index < -0.39 is 10.0 Å². The smallest absolute Gasteiger partial charge is 0.264 e. The zero-order valence-corrected chi connectivity index (χ0v) is 13.7. The summed E-state index contributed by atoms with van der Waals surface area (Å²) in [5.41, 5.74) is 2.52. The summed E-state index contributed by atoms with van der Waals surface area (Å²) in [6.07, 6.45) is 3.78. The van der Waals surface area contributed by atoms with Gasteiger partial charge in [-0.2, -0.15) is 0 Å². The molecule has 0 unspecified atom stereocenters. The largest absolute Gasteiger partial charge is 0.264 e. The molecule has 1 aromatic carbocycles. The summed E-state index contributed by atoms with van der Waals surface area (Å²) in [6.45, 7) is 8.01. The van der Waals surface area contributed by atoms with Crippen LogP contribution in [0.3, 0.4) is 0 Å². The zero-order valence-electron chi connectivity index (χ0n) is 12.9. The normalized spacial score (nSPS) is 11.2. The summed E-state index contributed by atoms with van der Waals surface area (Å²) in [6, 6.07) is 10.3. The quantitative estimate of drug-likeness (QED) is 0.766. The van der Waals surface area contributed by atoms with Gasteiger partial charge in [-0.25, -0.2) is 8.42 Å². The number of hydrogen-bond donors (Lipinski definition) is 0. The monoisotopic (exact) mass is 316 g/mol. The van der Waals surface area contributed by atoms with E-state index in [2.05, 4.69) is 11.6 Å². The molecule has 0 fully saturated rings. The van der Waals surface area contributed by atoms with Gasteiger partial charge >= 0.3 is 0 Å². The van der Waals surface area contributed by atoms with E-state index in [1.165, 1.54) is 4.31 Å². The fourth-order valence-electron chi connectivity index (χ4n) is 2.02. The summed E-state index contributed by atoms with van der Waals surface area (Å²) in [4.78, 5) is 4.31. The maximum atomic E-state index is 12.9. The van der Waals surface area contributed by atoms with Crippen LogP contribution in [0.1, 0.15) is 18.9 Å². The molecular weight excluding hydrogens is 296 g/mol. The van der Waals surface area contributed by atoms with Crippen molar-refractivity contribution in [1.29, 1.82) is 0 Å². The van der Waals surface area contributed by atoms with Crippen molar-refractivity contribution in [3.8, 4) is 0 Å². The zero-order chi connectivity index (χ0) is 16.2. The summed E-state index contributed by atoms with van der Waals surface area (Å²) in [5, 5.41) is 0. The highest BCUT2D eigenvalue weighted by Crippen LogP contribution is 2.24. The van der Waals surface area contributed by atoms with Crippen LogP contribution in [-0.2, 0) is 10.0 Å². The number of nitrogens with zero attached hydrogens (tertiary/aromatic N) is 2. The molecule has 1 aromatic heterocycles. The number of sulfonamides is 1. The summed E-state index contributed by atoms with van der Waals surface area (Å²) in [5.74, 6) is 0. The second-order valence-corrected chi connectivity index (χ2v) is 7.17. The molecule has 0 spiro atoms. The van der Waals surface area contributed by atoms with E-state index in [9.17, 15) is 8.42 Å². The van der Waals surface area contributed by atoms with Crippen molar-refractivity contribution < 1.29 is 8.42 Å². The topological polar surface area (TPSA) is 50.3 Å². The molecule has 0 aliphatic heterocycles. The predicted molar refractivity (Wildman–Crippen MR) is 89.4 cm³/mol. The number of benzene rings is 1. The molecule has 0 aliphatic carbocycles. The SMILES string of the molecule is C=C(C)CCN(c1cccnc1)S(=O)(=O)c1ccc(C)cc1. The molecule has 2 aromatic rings. The first kappa shape index (κ1) is 16.2. The molecule has 0 bridgehead atoms. The maximum absolute atomic E-state index is 12.9. The van der Waals surface area contributed by atoms with E-state index in [0.717, 1.165) is 11.1 Å². The van der Waals surface area contributed by atoms with Crippen LogP contribution in [0.15, 0.2) is 65.8 Å². The highest BCUT2D eigenvalue weighted by molar-refractivity contribution is 7.92. The summed E-state index contributed by atoms with van der Waals surface area (Å²) >= 11 is 0. The Bertz CT molecular complexity index is 738. The highest BCUT2D eigenvalue weighted by atomic mass is 32.2. The molecule has 1 heterocycles. The van der Waals surface area contributed by atoms with E-state index in [1.54, 1.807) is 48.8 Å². The molecule has 0 atom stereocenters. The highest BCUT2D eigenvalue weighted by Gasteiger charge is 2.24. The fourth-order valence-corrected chi connectivity index (χ4v) is 3.47. The van der Waals surface area contributed by atoms with Crippen LogP contribution in [0.4, 0.5) is 5.69 Å². The first-order valence-electron chi connectivity index (χ1n) is 7.05. The summed E-state index contributed by atoms with van der Waals surface area (Å²) < 4.78 is 27.2. The predicted octanol–water partition coefficient (Wildman–Crippen LogP) is 3.55. The van der Waals surface area contributed by atoms with Crippen molar-refractivity contribution in [2.75, 3.05) is 10.8 Å². The molecule has 5 heteroatoms. The minimum absolute atomic E-state index is 0.281. The second kappa shape index (κ2) is 6.75. The molecule has 0 N–H and O–H groups in total. The van der Waals surface area contributed by atoms with Crippen LogP contribution >= 0.6 is 0 Å². The van der Waals surface area contributed by atoms with Gasteiger partial charge in [-0.15, -0.1) is 6.58 Å². The number of pyridine rings is 1. The molecule has 0 aliphatic rings. The van der Waals surface area contributed by atoms with Crippen LogP contribution in [-0.4, -0.2) is 19.9 Å². The number of aromatic nitrogens is 1. The lowest BCUT2D eigenvalue weighted by Crippen LogP contribution is -2.32. The van der Waals surface area contributed by atoms with Crippen LogP contribution in [0.25, 0.3) is 0 Å². The van der Waals surface area contributed by atoms with Crippen molar-refractivity contribution >= 4 is 15.7 Å². The Balaban J connectivity index is 2.43. The average molecular weight is 316 g/mol. The average Bonchev–Trinajstić information content (AvgIpc) is 2.48. The molecule has 0 saturated carbocycles. The van der Waals surface area contributed by atoms with Gasteiger partial charge in [-0.3, -0.25) is 9.29 Å². The molecule has 22 heavy (non-hydrogen) atoms. The number of hydrogen-bond acceptors (Lipinski definition) is 3. The van der Waals surface area contributed by atoms with Crippen molar-refractivity contribution in [2.45, 2.75) is 25.2 Å². The Morgan fingerprint density at radius 2 is 1.91 bits per heavy atom. The van der Waals surface area contributed by atoms with Crippen molar-refractivity contribution in [3.05, 3.63) is 66.5 Å². The lowest BCUT2D eigenvalue weighted by Gasteiger charge is -2.24. The number of aryl methyl sites for hydroxylation is 1. The number of anilines is 1. The third-order valence-corrected chi connectivity index (χ3v) is 5.13. The van der Waals surface area contributed by atoms with Crippen LogP contribution in [0.2, 0.25) is 0 Å². The van der Waals surface area contributed by atoms with Crippen LogP contribution in [0, 0.1) is 6.92 Å². The van der Waals surface area contributed by atoms with Gasteiger partial charge in [0.25, 0.3) is 10.0 Å². The molecule has 0 radical (unpaired) electrons. The third kappa shape index (κ3) is 3.74. The van der Waals surface area contributed by atoms with Gasteiger partial charge in [0.1, 0.15) is 0 Å². The Morgan fingerprint density at radius 3 is 2.45 bits per heavy atom. The minimum atomic E-state index is -3.61. The van der Waals surface area contributed by atoms with E-state index >= 15 is 0 Å². The molecule has 2 rings (SSSR count). The first-order valence-corrected chi connectivity index (χ1v) is 8.49. The Kier molecular flexibility index (Phi) is 4.98. The van der Waals surface area contributed by atoms with Gasteiger partial charge in [-0.05, 0) is 44.5 Å². The lowest BCUT2D eigenvalue weighted by molar-refractivity contribution is 0.590. The van der Waals surface area contributed by atoms with Gasteiger partial charge in [0.05, 0.1) is 16.8 Å². The standard InChI is InChI=1S/C17H20N2O2S/c1-14(2)10-12-19(16-5-4-11-18-13-16)22(20,21)17-8-6-15(3)7-9-17/h4-9,11,13H,1,10,12H2,2-3H3. The van der Waals surface area contributed by atoms with Crippen LogP contribution < -0.4 is 4.31 Å². The van der Waals surface area contributed by atoms with Gasteiger partial charge in [-0.1, -0.05) is 23.3 Å². The number of rotatable bonds is 6. The van der Waals surface area contributed by atoms with Gasteiger partial charge in [0, 0.05) is 12.7 Å². The molecular formula is C17H20N2O2S. The van der Waals surface area contributed by atoms with Crippen molar-refractivity contribution in [1.82, 2.24) is 4.98 Å². The van der Waals surface area contributed by atoms with E-state index in [1.807, 2.05) is 13.8 Å². The van der Waals surface area contributed by atoms with E-state index in [0.29, 0.717) is 18.7 Å².